The predicted molar refractivity (Wildman–Crippen MR) is 67.0 cm³/mol. The van der Waals surface area contributed by atoms with E-state index in [4.69, 9.17) is 4.74 Å². The molecule has 94 valence electrons. The second-order valence-corrected chi connectivity index (χ2v) is 10.6. The maximum Gasteiger partial charge on any atom is 0.306 e. The Morgan fingerprint density at radius 3 is 2.06 bits per heavy atom. The van der Waals surface area contributed by atoms with E-state index in [-0.39, 0.29) is 23.8 Å². The molecule has 0 aliphatic heterocycles. The molecule has 0 aliphatic rings. The summed E-state index contributed by atoms with van der Waals surface area (Å²) in [6.07, 6.45) is 0.265. The summed E-state index contributed by atoms with van der Waals surface area (Å²) >= 11 is 0. The van der Waals surface area contributed by atoms with E-state index in [0.29, 0.717) is 6.61 Å². The highest BCUT2D eigenvalue weighted by Crippen LogP contribution is 2.27. The molecule has 0 aliphatic carbocycles. The van der Waals surface area contributed by atoms with Crippen LogP contribution in [0, 0.1) is 0 Å². The molecule has 0 N–H and O–H groups in total. The van der Waals surface area contributed by atoms with E-state index in [0.717, 1.165) is 0 Å². The lowest BCUT2D eigenvalue weighted by Gasteiger charge is -2.27. The minimum Gasteiger partial charge on any atom is -0.466 e. The van der Waals surface area contributed by atoms with Crippen molar-refractivity contribution in [3.05, 3.63) is 0 Å². The summed E-state index contributed by atoms with van der Waals surface area (Å²) in [5.74, 6) is -0.239. The number of carbonyl (C=O) groups excluding carboxylic acids is 2. The summed E-state index contributed by atoms with van der Waals surface area (Å²) in [5, 5.41) is 0. The largest absolute Gasteiger partial charge is 0.466 e. The number of carbonyl (C=O) groups is 2. The summed E-state index contributed by atoms with van der Waals surface area (Å²) in [6, 6.07) is 0. The lowest BCUT2D eigenvalue weighted by atomic mass is 10.3. The van der Waals surface area contributed by atoms with Crippen LogP contribution in [0.1, 0.15) is 13.3 Å². The molecule has 1 atom stereocenters. The molecule has 0 saturated carbocycles. The summed E-state index contributed by atoms with van der Waals surface area (Å²) < 4.78 is 5.04. The molecule has 4 nitrogen and oxygen atoms in total. The van der Waals surface area contributed by atoms with Crippen LogP contribution in [0.15, 0.2) is 0 Å². The lowest BCUT2D eigenvalue weighted by Crippen LogP contribution is -2.38. The van der Waals surface area contributed by atoms with Gasteiger partial charge in [-0.1, -0.05) is 19.6 Å². The molecule has 0 bridgehead atoms. The Morgan fingerprint density at radius 1 is 1.25 bits per heavy atom. The van der Waals surface area contributed by atoms with Crippen LogP contribution in [0.3, 0.4) is 0 Å². The monoisotopic (exact) mass is 245 g/mol. The van der Waals surface area contributed by atoms with Crippen molar-refractivity contribution in [3.63, 3.8) is 0 Å². The van der Waals surface area contributed by atoms with E-state index >= 15 is 0 Å². The third kappa shape index (κ3) is 4.79. The fourth-order valence-electron chi connectivity index (χ4n) is 1.34. The third-order valence-corrected chi connectivity index (χ3v) is 5.02. The zero-order valence-corrected chi connectivity index (χ0v) is 12.2. The van der Waals surface area contributed by atoms with Crippen LogP contribution in [0.5, 0.6) is 0 Å². The van der Waals surface area contributed by atoms with Gasteiger partial charge in [-0.2, -0.15) is 0 Å². The van der Waals surface area contributed by atoms with E-state index in [1.165, 1.54) is 4.90 Å². The van der Waals surface area contributed by atoms with Crippen molar-refractivity contribution in [2.24, 2.45) is 0 Å². The van der Waals surface area contributed by atoms with Gasteiger partial charge in [0.25, 0.3) is 0 Å². The molecule has 0 rings (SSSR count). The van der Waals surface area contributed by atoms with Crippen molar-refractivity contribution in [1.29, 1.82) is 0 Å². The zero-order chi connectivity index (χ0) is 12.9. The first-order chi connectivity index (χ1) is 7.20. The molecule has 1 amide bonds. The fourth-order valence-corrected chi connectivity index (χ4v) is 2.92. The Balaban J connectivity index is 4.70. The van der Waals surface area contributed by atoms with Gasteiger partial charge in [-0.25, -0.2) is 0 Å². The van der Waals surface area contributed by atoms with E-state index in [2.05, 4.69) is 19.6 Å². The Bertz CT molecular complexity index is 258. The van der Waals surface area contributed by atoms with Crippen molar-refractivity contribution in [2.75, 3.05) is 20.7 Å². The van der Waals surface area contributed by atoms with Crippen molar-refractivity contribution < 1.29 is 14.3 Å². The summed E-state index contributed by atoms with van der Waals surface area (Å²) in [6.45, 7) is 8.40. The molecule has 16 heavy (non-hydrogen) atoms. The number of nitrogens with zero attached hydrogens (tertiary/aromatic N) is 1. The second-order valence-electron chi connectivity index (χ2n) is 5.16. The van der Waals surface area contributed by atoms with Gasteiger partial charge in [0.05, 0.1) is 20.2 Å². The number of ether oxygens (including phenoxy) is 1. The van der Waals surface area contributed by atoms with Crippen LogP contribution in [-0.2, 0) is 14.3 Å². The standard InChI is InChI=1S/C11H23NO3Si/c1-7-15-11(14)9(16(4,5)6)8-10(13)12(2)3/h9H,7-8H2,1-6H3. The topological polar surface area (TPSA) is 46.6 Å². The van der Waals surface area contributed by atoms with Gasteiger partial charge in [0.1, 0.15) is 0 Å². The van der Waals surface area contributed by atoms with Gasteiger partial charge in [0.2, 0.25) is 5.91 Å². The van der Waals surface area contributed by atoms with Crippen molar-refractivity contribution >= 4 is 20.0 Å². The Morgan fingerprint density at radius 2 is 1.75 bits per heavy atom. The molecule has 5 heteroatoms. The first-order valence-corrected chi connectivity index (χ1v) is 9.14. The van der Waals surface area contributed by atoms with Crippen molar-refractivity contribution in [2.45, 2.75) is 38.5 Å². The first kappa shape index (κ1) is 15.2. The van der Waals surface area contributed by atoms with Crippen molar-refractivity contribution in [3.8, 4) is 0 Å². The SMILES string of the molecule is CCOC(=O)C(CC(=O)N(C)C)[Si](C)(C)C. The van der Waals surface area contributed by atoms with Crippen LogP contribution >= 0.6 is 0 Å². The molecule has 0 saturated heterocycles. The lowest BCUT2D eigenvalue weighted by molar-refractivity contribution is -0.145. The first-order valence-electron chi connectivity index (χ1n) is 5.57. The van der Waals surface area contributed by atoms with Gasteiger partial charge in [-0.15, -0.1) is 0 Å². The highest BCUT2D eigenvalue weighted by molar-refractivity contribution is 6.80. The molecule has 1 unspecified atom stereocenters. The zero-order valence-electron chi connectivity index (χ0n) is 11.2. The van der Waals surface area contributed by atoms with Gasteiger partial charge in [-0.3, -0.25) is 9.59 Å². The highest BCUT2D eigenvalue weighted by Gasteiger charge is 2.36. The smallest absolute Gasteiger partial charge is 0.306 e. The van der Waals surface area contributed by atoms with E-state index in [9.17, 15) is 9.59 Å². The van der Waals surface area contributed by atoms with Gasteiger partial charge < -0.3 is 9.64 Å². The molecule has 0 spiro atoms. The summed E-state index contributed by atoms with van der Waals surface area (Å²) in [5.41, 5.74) is -0.248. The number of esters is 1. The molecule has 0 heterocycles. The average molecular weight is 245 g/mol. The van der Waals surface area contributed by atoms with Gasteiger partial charge in [0.15, 0.2) is 0 Å². The Kier molecular flexibility index (Phi) is 5.71. The maximum atomic E-state index is 11.8. The number of amides is 1. The maximum absolute atomic E-state index is 11.8. The van der Waals surface area contributed by atoms with Crippen LogP contribution in [0.2, 0.25) is 25.2 Å². The van der Waals surface area contributed by atoms with Gasteiger partial charge in [0, 0.05) is 20.5 Å². The minimum atomic E-state index is -1.72. The van der Waals surface area contributed by atoms with Gasteiger partial charge in [-0.05, 0) is 6.92 Å². The van der Waals surface area contributed by atoms with E-state index < -0.39 is 8.07 Å². The van der Waals surface area contributed by atoms with E-state index in [1.807, 2.05) is 0 Å². The number of rotatable bonds is 5. The number of hydrogen-bond donors (Lipinski definition) is 0. The molecular weight excluding hydrogens is 222 g/mol. The van der Waals surface area contributed by atoms with Crippen LogP contribution < -0.4 is 0 Å². The normalized spacial score (nSPS) is 13.1. The summed E-state index contributed by atoms with van der Waals surface area (Å²) in [4.78, 5) is 25.0. The third-order valence-electron chi connectivity index (χ3n) is 2.49. The molecular formula is C11H23NO3Si. The average Bonchev–Trinajstić information content (AvgIpc) is 2.11. The minimum absolute atomic E-state index is 0.0134. The molecule has 0 aromatic carbocycles. The fraction of sp³-hybridized carbons (Fsp3) is 0.818. The molecule has 0 fully saturated rings. The quantitative estimate of drug-likeness (QED) is 0.547. The molecule has 0 radical (unpaired) electrons. The van der Waals surface area contributed by atoms with Crippen LogP contribution in [-0.4, -0.2) is 45.6 Å². The Labute approximate surface area is 99.0 Å². The van der Waals surface area contributed by atoms with Crippen molar-refractivity contribution in [1.82, 2.24) is 4.90 Å². The second kappa shape index (κ2) is 6.03. The van der Waals surface area contributed by atoms with E-state index in [1.54, 1.807) is 21.0 Å². The van der Waals surface area contributed by atoms with Gasteiger partial charge >= 0.3 is 5.97 Å². The highest BCUT2D eigenvalue weighted by atomic mass is 28.3. The Hall–Kier alpha value is -0.843. The van der Waals surface area contributed by atoms with Crippen LogP contribution in [0.25, 0.3) is 0 Å². The summed E-state index contributed by atoms with van der Waals surface area (Å²) in [7, 11) is 1.69. The predicted octanol–water partition coefficient (Wildman–Crippen LogP) is 1.74. The number of hydrogen-bond acceptors (Lipinski definition) is 3. The molecule has 0 aromatic rings. The molecule has 0 aromatic heterocycles. The van der Waals surface area contributed by atoms with Crippen LogP contribution in [0.4, 0.5) is 0 Å².